The number of halogens is 1. The molecule has 2 aromatic carbocycles. The number of anilines is 1. The van der Waals surface area contributed by atoms with Crippen molar-refractivity contribution in [3.05, 3.63) is 59.7 Å². The van der Waals surface area contributed by atoms with Crippen LogP contribution < -0.4 is 15.0 Å². The molecule has 3 nitrogen and oxygen atoms in total. The van der Waals surface area contributed by atoms with E-state index in [9.17, 15) is 0 Å². The molecular weight excluding hydrogens is 308 g/mol. The number of nitrogens with one attached hydrogen (secondary N) is 1. The lowest BCUT2D eigenvalue weighted by Gasteiger charge is -2.17. The molecule has 0 radical (unpaired) electrons. The quantitative estimate of drug-likeness (QED) is 0.865. The van der Waals surface area contributed by atoms with Gasteiger partial charge >= 0.3 is 0 Å². The van der Waals surface area contributed by atoms with Crippen LogP contribution in [-0.4, -0.2) is 20.2 Å². The Bertz CT molecular complexity index is 577. The van der Waals surface area contributed by atoms with Crippen LogP contribution in [0.5, 0.6) is 5.75 Å². The SMILES string of the molecule is COc1ccc(CNCc2ccc(N3CCCC3)cc2)cc1.Cl. The fourth-order valence-electron chi connectivity index (χ4n) is 2.89. The topological polar surface area (TPSA) is 24.5 Å². The van der Waals surface area contributed by atoms with Crippen molar-refractivity contribution in [1.82, 2.24) is 5.32 Å². The van der Waals surface area contributed by atoms with E-state index >= 15 is 0 Å². The maximum atomic E-state index is 5.17. The standard InChI is InChI=1S/C19H24N2O.ClH/c1-22-19-10-6-17(7-11-19)15-20-14-16-4-8-18(9-5-16)21-12-2-3-13-21;/h4-11,20H,2-3,12-15H2,1H3;1H. The first-order chi connectivity index (χ1) is 10.8. The Kier molecular flexibility index (Phi) is 6.75. The number of rotatable bonds is 6. The number of hydrogen-bond donors (Lipinski definition) is 1. The average molecular weight is 333 g/mol. The summed E-state index contributed by atoms with van der Waals surface area (Å²) in [7, 11) is 1.69. The summed E-state index contributed by atoms with van der Waals surface area (Å²) in [4.78, 5) is 2.47. The first-order valence-electron chi connectivity index (χ1n) is 8.03. The zero-order valence-electron chi connectivity index (χ0n) is 13.6. The van der Waals surface area contributed by atoms with Crippen molar-refractivity contribution in [3.63, 3.8) is 0 Å². The van der Waals surface area contributed by atoms with Crippen LogP contribution in [0.1, 0.15) is 24.0 Å². The maximum absolute atomic E-state index is 5.17. The molecule has 1 N–H and O–H groups in total. The van der Waals surface area contributed by atoms with Gasteiger partial charge in [0.15, 0.2) is 0 Å². The van der Waals surface area contributed by atoms with E-state index in [0.29, 0.717) is 0 Å². The van der Waals surface area contributed by atoms with Crippen molar-refractivity contribution in [1.29, 1.82) is 0 Å². The van der Waals surface area contributed by atoms with Gasteiger partial charge in [-0.05, 0) is 48.2 Å². The van der Waals surface area contributed by atoms with E-state index < -0.39 is 0 Å². The molecule has 1 aliphatic rings. The van der Waals surface area contributed by atoms with Crippen LogP contribution in [0.15, 0.2) is 48.5 Å². The molecule has 1 aliphatic heterocycles. The lowest BCUT2D eigenvalue weighted by atomic mass is 10.2. The minimum absolute atomic E-state index is 0. The lowest BCUT2D eigenvalue weighted by molar-refractivity contribution is 0.414. The van der Waals surface area contributed by atoms with Crippen LogP contribution in [0.4, 0.5) is 5.69 Å². The molecule has 4 heteroatoms. The van der Waals surface area contributed by atoms with Gasteiger partial charge in [0.25, 0.3) is 0 Å². The molecule has 0 unspecified atom stereocenters. The Morgan fingerprint density at radius 1 is 0.870 bits per heavy atom. The van der Waals surface area contributed by atoms with Crippen LogP contribution in [0.25, 0.3) is 0 Å². The number of nitrogens with zero attached hydrogens (tertiary/aromatic N) is 1. The van der Waals surface area contributed by atoms with Gasteiger partial charge in [0.05, 0.1) is 7.11 Å². The van der Waals surface area contributed by atoms with E-state index in [1.54, 1.807) is 7.11 Å². The van der Waals surface area contributed by atoms with Crippen molar-refractivity contribution in [2.75, 3.05) is 25.1 Å². The van der Waals surface area contributed by atoms with Crippen LogP contribution in [0, 0.1) is 0 Å². The molecule has 3 rings (SSSR count). The number of methoxy groups -OCH3 is 1. The predicted molar refractivity (Wildman–Crippen MR) is 98.7 cm³/mol. The summed E-state index contributed by atoms with van der Waals surface area (Å²) >= 11 is 0. The van der Waals surface area contributed by atoms with Crippen LogP contribution in [0.2, 0.25) is 0 Å². The first-order valence-corrected chi connectivity index (χ1v) is 8.03. The Balaban J connectivity index is 0.00000192. The van der Waals surface area contributed by atoms with Gasteiger partial charge in [-0.15, -0.1) is 12.4 Å². The summed E-state index contributed by atoms with van der Waals surface area (Å²) in [5.41, 5.74) is 3.96. The van der Waals surface area contributed by atoms with Gasteiger partial charge in [0.2, 0.25) is 0 Å². The molecule has 0 atom stereocenters. The van der Waals surface area contributed by atoms with E-state index in [0.717, 1.165) is 18.8 Å². The van der Waals surface area contributed by atoms with Crippen molar-refractivity contribution < 1.29 is 4.74 Å². The van der Waals surface area contributed by atoms with E-state index in [1.165, 1.54) is 42.7 Å². The third-order valence-corrected chi connectivity index (χ3v) is 4.22. The van der Waals surface area contributed by atoms with E-state index in [1.807, 2.05) is 12.1 Å². The Morgan fingerprint density at radius 2 is 1.39 bits per heavy atom. The molecule has 0 aromatic heterocycles. The van der Waals surface area contributed by atoms with E-state index in [2.05, 4.69) is 46.6 Å². The Labute approximate surface area is 145 Å². The smallest absolute Gasteiger partial charge is 0.118 e. The number of ether oxygens (including phenoxy) is 1. The molecule has 0 spiro atoms. The highest BCUT2D eigenvalue weighted by molar-refractivity contribution is 5.85. The summed E-state index contributed by atoms with van der Waals surface area (Å²) in [5.74, 6) is 0.904. The first kappa shape index (κ1) is 17.6. The van der Waals surface area contributed by atoms with Gasteiger partial charge < -0.3 is 15.0 Å². The summed E-state index contributed by atoms with van der Waals surface area (Å²) in [6.45, 7) is 4.17. The Morgan fingerprint density at radius 3 is 1.91 bits per heavy atom. The van der Waals surface area contributed by atoms with Crippen LogP contribution >= 0.6 is 12.4 Å². The van der Waals surface area contributed by atoms with Crippen LogP contribution in [0.3, 0.4) is 0 Å². The van der Waals surface area contributed by atoms with Gasteiger partial charge in [-0.3, -0.25) is 0 Å². The molecule has 0 saturated carbocycles. The highest BCUT2D eigenvalue weighted by atomic mass is 35.5. The normalized spacial score (nSPS) is 13.7. The third kappa shape index (κ3) is 4.88. The predicted octanol–water partition coefficient (Wildman–Crippen LogP) is 4.01. The summed E-state index contributed by atoms with van der Waals surface area (Å²) in [6.07, 6.45) is 2.65. The third-order valence-electron chi connectivity index (χ3n) is 4.22. The molecule has 0 bridgehead atoms. The fourth-order valence-corrected chi connectivity index (χ4v) is 2.89. The minimum Gasteiger partial charge on any atom is -0.497 e. The number of hydrogen-bond acceptors (Lipinski definition) is 3. The molecule has 124 valence electrons. The molecule has 1 heterocycles. The molecule has 1 fully saturated rings. The average Bonchev–Trinajstić information content (AvgIpc) is 3.11. The molecule has 0 amide bonds. The van der Waals surface area contributed by atoms with Crippen molar-refractivity contribution >= 4 is 18.1 Å². The zero-order chi connectivity index (χ0) is 15.2. The molecular formula is C19H25ClN2O. The summed E-state index contributed by atoms with van der Waals surface area (Å²) < 4.78 is 5.17. The Hall–Kier alpha value is -1.71. The van der Waals surface area contributed by atoms with Gasteiger partial charge in [0.1, 0.15) is 5.75 Å². The largest absolute Gasteiger partial charge is 0.497 e. The maximum Gasteiger partial charge on any atom is 0.118 e. The van der Waals surface area contributed by atoms with E-state index in [4.69, 9.17) is 4.74 Å². The molecule has 1 saturated heterocycles. The second-order valence-corrected chi connectivity index (χ2v) is 5.81. The van der Waals surface area contributed by atoms with E-state index in [-0.39, 0.29) is 12.4 Å². The summed E-state index contributed by atoms with van der Waals surface area (Å²) in [6, 6.07) is 17.2. The molecule has 2 aromatic rings. The monoisotopic (exact) mass is 332 g/mol. The molecule has 23 heavy (non-hydrogen) atoms. The van der Waals surface area contributed by atoms with Crippen molar-refractivity contribution in [3.8, 4) is 5.75 Å². The zero-order valence-corrected chi connectivity index (χ0v) is 14.4. The van der Waals surface area contributed by atoms with Gasteiger partial charge in [-0.1, -0.05) is 24.3 Å². The van der Waals surface area contributed by atoms with Crippen molar-refractivity contribution in [2.24, 2.45) is 0 Å². The fraction of sp³-hybridized carbons (Fsp3) is 0.368. The number of benzene rings is 2. The second-order valence-electron chi connectivity index (χ2n) is 5.81. The highest BCUT2D eigenvalue weighted by Gasteiger charge is 2.11. The second kappa shape index (κ2) is 8.80. The highest BCUT2D eigenvalue weighted by Crippen LogP contribution is 2.20. The van der Waals surface area contributed by atoms with Gasteiger partial charge in [-0.2, -0.15) is 0 Å². The van der Waals surface area contributed by atoms with Crippen LogP contribution in [-0.2, 0) is 13.1 Å². The minimum atomic E-state index is 0. The summed E-state index contributed by atoms with van der Waals surface area (Å²) in [5, 5.41) is 3.49. The van der Waals surface area contributed by atoms with Gasteiger partial charge in [-0.25, -0.2) is 0 Å². The molecule has 0 aliphatic carbocycles. The lowest BCUT2D eigenvalue weighted by Crippen LogP contribution is -2.17. The van der Waals surface area contributed by atoms with Crippen molar-refractivity contribution in [2.45, 2.75) is 25.9 Å². The van der Waals surface area contributed by atoms with Gasteiger partial charge in [0, 0.05) is 31.9 Å².